The fraction of sp³-hybridized carbons (Fsp3) is 0.364. The Balaban J connectivity index is 2.52. The van der Waals surface area contributed by atoms with E-state index < -0.39 is 0 Å². The van der Waals surface area contributed by atoms with Gasteiger partial charge in [-0.2, -0.15) is 0 Å². The molecule has 1 aromatic carbocycles. The van der Waals surface area contributed by atoms with Gasteiger partial charge in [-0.25, -0.2) is 0 Å². The fourth-order valence-electron chi connectivity index (χ4n) is 1.25. The number of para-hydroxylation sites is 1. The summed E-state index contributed by atoms with van der Waals surface area (Å²) < 4.78 is 0. The van der Waals surface area contributed by atoms with Crippen molar-refractivity contribution < 1.29 is 4.79 Å². The summed E-state index contributed by atoms with van der Waals surface area (Å²) in [6, 6.07) is 5.31. The van der Waals surface area contributed by atoms with E-state index in [9.17, 15) is 4.79 Å². The Morgan fingerprint density at radius 2 is 2.19 bits per heavy atom. The number of carbonyl (C=O) groups is 1. The minimum atomic E-state index is 0.0677. The second-order valence-corrected chi connectivity index (χ2v) is 4.08. The van der Waals surface area contributed by atoms with Crippen molar-refractivity contribution in [2.45, 2.75) is 6.42 Å². The lowest BCUT2D eigenvalue weighted by molar-refractivity contribution is -0.128. The smallest absolute Gasteiger partial charge is 0.223 e. The summed E-state index contributed by atoms with van der Waals surface area (Å²) in [5.74, 6) is 0.0677. The molecule has 88 valence electrons. The summed E-state index contributed by atoms with van der Waals surface area (Å²) in [6.07, 6.45) is 0.414. The van der Waals surface area contributed by atoms with Crippen LogP contribution < -0.4 is 11.1 Å². The first-order valence-corrected chi connectivity index (χ1v) is 5.38. The van der Waals surface area contributed by atoms with Crippen LogP contribution >= 0.6 is 11.6 Å². The molecule has 1 aromatic rings. The van der Waals surface area contributed by atoms with Crippen LogP contribution in [-0.4, -0.2) is 31.4 Å². The van der Waals surface area contributed by atoms with Crippen molar-refractivity contribution in [3.63, 3.8) is 0 Å². The molecular formula is C11H16ClN3O. The van der Waals surface area contributed by atoms with Gasteiger partial charge in [-0.1, -0.05) is 17.7 Å². The molecule has 0 bridgehead atoms. The van der Waals surface area contributed by atoms with E-state index in [2.05, 4.69) is 5.32 Å². The normalized spacial score (nSPS) is 9.94. The van der Waals surface area contributed by atoms with E-state index in [1.807, 2.05) is 0 Å². The molecule has 0 aromatic heterocycles. The Morgan fingerprint density at radius 1 is 1.50 bits per heavy atom. The summed E-state index contributed by atoms with van der Waals surface area (Å²) in [4.78, 5) is 12.9. The number of nitrogen functional groups attached to an aromatic ring is 1. The van der Waals surface area contributed by atoms with E-state index in [0.717, 1.165) is 0 Å². The lowest BCUT2D eigenvalue weighted by Crippen LogP contribution is -2.24. The second kappa shape index (κ2) is 5.61. The van der Waals surface area contributed by atoms with Gasteiger partial charge in [0.05, 0.1) is 16.4 Å². The summed E-state index contributed by atoms with van der Waals surface area (Å²) in [5.41, 5.74) is 7.03. The number of amides is 1. The molecule has 0 atom stereocenters. The third-order valence-electron chi connectivity index (χ3n) is 2.19. The quantitative estimate of drug-likeness (QED) is 0.791. The van der Waals surface area contributed by atoms with Gasteiger partial charge in [0.15, 0.2) is 0 Å². The summed E-state index contributed by atoms with van der Waals surface area (Å²) >= 11 is 5.97. The number of hydrogen-bond acceptors (Lipinski definition) is 3. The molecule has 0 unspecified atom stereocenters. The first-order chi connectivity index (χ1) is 7.52. The van der Waals surface area contributed by atoms with Gasteiger partial charge in [0.25, 0.3) is 0 Å². The van der Waals surface area contributed by atoms with Crippen LogP contribution in [-0.2, 0) is 4.79 Å². The molecule has 0 aliphatic carbocycles. The van der Waals surface area contributed by atoms with Gasteiger partial charge in [0.2, 0.25) is 5.91 Å². The number of nitrogens with one attached hydrogen (secondary N) is 1. The minimum absolute atomic E-state index is 0.0677. The van der Waals surface area contributed by atoms with Crippen molar-refractivity contribution in [1.82, 2.24) is 4.90 Å². The van der Waals surface area contributed by atoms with Crippen molar-refractivity contribution in [2.75, 3.05) is 31.7 Å². The summed E-state index contributed by atoms with van der Waals surface area (Å²) in [5, 5.41) is 3.63. The number of anilines is 2. The maximum atomic E-state index is 11.3. The number of carbonyl (C=O) groups excluding carboxylic acids is 1. The highest BCUT2D eigenvalue weighted by Crippen LogP contribution is 2.27. The highest BCUT2D eigenvalue weighted by Gasteiger charge is 2.06. The third kappa shape index (κ3) is 3.31. The molecule has 0 saturated heterocycles. The Bertz CT molecular complexity index is 359. The average molecular weight is 242 g/mol. The molecule has 0 aliphatic rings. The van der Waals surface area contributed by atoms with Crippen molar-refractivity contribution in [3.8, 4) is 0 Å². The van der Waals surface area contributed by atoms with E-state index in [0.29, 0.717) is 29.4 Å². The molecule has 0 spiro atoms. The van der Waals surface area contributed by atoms with E-state index >= 15 is 0 Å². The van der Waals surface area contributed by atoms with Crippen LogP contribution in [0.3, 0.4) is 0 Å². The second-order valence-electron chi connectivity index (χ2n) is 3.67. The fourth-order valence-corrected chi connectivity index (χ4v) is 1.49. The maximum absolute atomic E-state index is 11.3. The van der Waals surface area contributed by atoms with Gasteiger partial charge in [-0.15, -0.1) is 0 Å². The molecule has 16 heavy (non-hydrogen) atoms. The molecule has 0 heterocycles. The Labute approximate surface area is 100 Å². The summed E-state index contributed by atoms with van der Waals surface area (Å²) in [7, 11) is 3.46. The largest absolute Gasteiger partial charge is 0.397 e. The predicted octanol–water partition coefficient (Wildman–Crippen LogP) is 1.81. The monoisotopic (exact) mass is 241 g/mol. The Kier molecular flexibility index (Phi) is 4.43. The summed E-state index contributed by atoms with van der Waals surface area (Å²) in [6.45, 7) is 0.519. The highest BCUT2D eigenvalue weighted by atomic mass is 35.5. The molecule has 3 N–H and O–H groups in total. The average Bonchev–Trinajstić information content (AvgIpc) is 2.22. The Hall–Kier alpha value is -1.42. The third-order valence-corrected chi connectivity index (χ3v) is 2.50. The zero-order chi connectivity index (χ0) is 12.1. The van der Waals surface area contributed by atoms with Crippen LogP contribution in [0.4, 0.5) is 11.4 Å². The predicted molar refractivity (Wildman–Crippen MR) is 67.7 cm³/mol. The first-order valence-electron chi connectivity index (χ1n) is 5.00. The standard InChI is InChI=1S/C11H16ClN3O/c1-15(2)10(16)6-7-14-11-8(12)4-3-5-9(11)13/h3-5,14H,6-7,13H2,1-2H3. The molecule has 0 fully saturated rings. The number of nitrogens with zero attached hydrogens (tertiary/aromatic N) is 1. The number of rotatable bonds is 4. The molecule has 0 saturated carbocycles. The zero-order valence-corrected chi connectivity index (χ0v) is 10.2. The van der Waals surface area contributed by atoms with Crippen LogP contribution in [0.15, 0.2) is 18.2 Å². The number of halogens is 1. The van der Waals surface area contributed by atoms with Gasteiger partial charge in [-0.05, 0) is 12.1 Å². The van der Waals surface area contributed by atoms with Gasteiger partial charge in [0, 0.05) is 27.1 Å². The highest BCUT2D eigenvalue weighted by molar-refractivity contribution is 6.33. The van der Waals surface area contributed by atoms with Gasteiger partial charge < -0.3 is 16.0 Å². The molecule has 5 heteroatoms. The maximum Gasteiger partial charge on any atom is 0.223 e. The molecule has 1 rings (SSSR count). The van der Waals surface area contributed by atoms with Crippen molar-refractivity contribution in [3.05, 3.63) is 23.2 Å². The molecular weight excluding hydrogens is 226 g/mol. The van der Waals surface area contributed by atoms with Gasteiger partial charge in [-0.3, -0.25) is 4.79 Å². The molecule has 4 nitrogen and oxygen atoms in total. The number of hydrogen-bond donors (Lipinski definition) is 2. The van der Waals surface area contributed by atoms with Crippen LogP contribution in [0.1, 0.15) is 6.42 Å². The van der Waals surface area contributed by atoms with Gasteiger partial charge >= 0.3 is 0 Å². The van der Waals surface area contributed by atoms with Crippen molar-refractivity contribution in [2.24, 2.45) is 0 Å². The van der Waals surface area contributed by atoms with Crippen LogP contribution in [0.5, 0.6) is 0 Å². The van der Waals surface area contributed by atoms with E-state index in [4.69, 9.17) is 17.3 Å². The number of benzene rings is 1. The number of nitrogens with two attached hydrogens (primary N) is 1. The van der Waals surface area contributed by atoms with Crippen LogP contribution in [0, 0.1) is 0 Å². The van der Waals surface area contributed by atoms with Crippen molar-refractivity contribution in [1.29, 1.82) is 0 Å². The topological polar surface area (TPSA) is 58.4 Å². The molecule has 1 amide bonds. The Morgan fingerprint density at radius 3 is 2.75 bits per heavy atom. The van der Waals surface area contributed by atoms with E-state index in [1.54, 1.807) is 37.2 Å². The van der Waals surface area contributed by atoms with E-state index in [1.165, 1.54) is 0 Å². The van der Waals surface area contributed by atoms with Crippen LogP contribution in [0.25, 0.3) is 0 Å². The first kappa shape index (κ1) is 12.6. The minimum Gasteiger partial charge on any atom is -0.397 e. The SMILES string of the molecule is CN(C)C(=O)CCNc1c(N)cccc1Cl. The zero-order valence-electron chi connectivity index (χ0n) is 9.46. The lowest BCUT2D eigenvalue weighted by Gasteiger charge is -2.13. The molecule has 0 radical (unpaired) electrons. The van der Waals surface area contributed by atoms with E-state index in [-0.39, 0.29) is 5.91 Å². The van der Waals surface area contributed by atoms with Gasteiger partial charge in [0.1, 0.15) is 0 Å². The van der Waals surface area contributed by atoms with Crippen molar-refractivity contribution >= 4 is 28.9 Å². The lowest BCUT2D eigenvalue weighted by atomic mass is 10.2. The molecule has 0 aliphatic heterocycles. The van der Waals surface area contributed by atoms with Crippen LogP contribution in [0.2, 0.25) is 5.02 Å².